The third-order valence-electron chi connectivity index (χ3n) is 4.76. The van der Waals surface area contributed by atoms with Crippen LogP contribution in [0.2, 0.25) is 0 Å². The number of furan rings is 1. The molecule has 146 valence electrons. The minimum Gasteiger partial charge on any atom is -0.465 e. The molecule has 1 fully saturated rings. The van der Waals surface area contributed by atoms with Gasteiger partial charge >= 0.3 is 0 Å². The van der Waals surface area contributed by atoms with Crippen LogP contribution in [0.1, 0.15) is 30.0 Å². The summed E-state index contributed by atoms with van der Waals surface area (Å²) in [7, 11) is 0. The van der Waals surface area contributed by atoms with Gasteiger partial charge in [-0.2, -0.15) is 0 Å². The molecule has 3 rings (SSSR count). The Morgan fingerprint density at radius 3 is 2.59 bits per heavy atom. The van der Waals surface area contributed by atoms with E-state index in [9.17, 15) is 4.79 Å². The average Bonchev–Trinajstić information content (AvgIpc) is 3.13. The van der Waals surface area contributed by atoms with Gasteiger partial charge in [-0.05, 0) is 31.5 Å². The van der Waals surface area contributed by atoms with E-state index in [0.29, 0.717) is 19.8 Å². The van der Waals surface area contributed by atoms with Gasteiger partial charge in [0.25, 0.3) is 0 Å². The van der Waals surface area contributed by atoms with Gasteiger partial charge < -0.3 is 14.5 Å². The first-order chi connectivity index (χ1) is 13.1. The lowest BCUT2D eigenvalue weighted by Crippen LogP contribution is -2.44. The van der Waals surface area contributed by atoms with Crippen LogP contribution in [-0.4, -0.2) is 48.9 Å². The van der Waals surface area contributed by atoms with Crippen LogP contribution < -0.4 is 5.32 Å². The molecular formula is C21H28N2O3S. The van der Waals surface area contributed by atoms with Crippen molar-refractivity contribution in [3.05, 3.63) is 59.5 Å². The molecule has 0 spiro atoms. The maximum Gasteiger partial charge on any atom is 0.232 e. The van der Waals surface area contributed by atoms with Gasteiger partial charge in [-0.1, -0.05) is 30.3 Å². The van der Waals surface area contributed by atoms with Crippen molar-refractivity contribution < 1.29 is 13.9 Å². The first-order valence-electron chi connectivity index (χ1n) is 9.45. The summed E-state index contributed by atoms with van der Waals surface area (Å²) in [5, 5.41) is 3.02. The second-order valence-corrected chi connectivity index (χ2v) is 8.13. The monoisotopic (exact) mass is 388 g/mol. The second kappa shape index (κ2) is 9.97. The molecule has 0 radical (unpaired) electrons. The topological polar surface area (TPSA) is 54.7 Å². The number of hydrogen-bond donors (Lipinski definition) is 1. The fraction of sp³-hybridized carbons (Fsp3) is 0.476. The molecule has 1 aromatic carbocycles. The van der Waals surface area contributed by atoms with Gasteiger partial charge in [0.2, 0.25) is 5.91 Å². The number of carbonyl (C=O) groups is 1. The molecule has 0 unspecified atom stereocenters. The molecule has 0 bridgehead atoms. The van der Waals surface area contributed by atoms with Gasteiger partial charge in [0.1, 0.15) is 11.5 Å². The minimum absolute atomic E-state index is 0.0397. The Hall–Kier alpha value is -1.76. The maximum absolute atomic E-state index is 12.6. The Balaban J connectivity index is 1.54. The van der Waals surface area contributed by atoms with E-state index in [-0.39, 0.29) is 17.2 Å². The van der Waals surface area contributed by atoms with Crippen molar-refractivity contribution in [1.82, 2.24) is 10.2 Å². The highest BCUT2D eigenvalue weighted by Gasteiger charge is 2.26. The number of hydrogen-bond acceptors (Lipinski definition) is 5. The number of aryl methyl sites for hydroxylation is 1. The number of rotatable bonds is 8. The minimum atomic E-state index is -0.103. The largest absolute Gasteiger partial charge is 0.465 e. The van der Waals surface area contributed by atoms with Crippen LogP contribution in [-0.2, 0) is 15.3 Å². The molecule has 5 nitrogen and oxygen atoms in total. The quantitative estimate of drug-likeness (QED) is 0.751. The normalized spacial score (nSPS) is 17.4. The Morgan fingerprint density at radius 1 is 1.19 bits per heavy atom. The van der Waals surface area contributed by atoms with Crippen molar-refractivity contribution in [2.75, 3.05) is 32.8 Å². The van der Waals surface area contributed by atoms with Gasteiger partial charge in [-0.25, -0.2) is 0 Å². The number of ether oxygens (including phenoxy) is 1. The van der Waals surface area contributed by atoms with Gasteiger partial charge in [0, 0.05) is 25.4 Å². The molecular weight excluding hydrogens is 360 g/mol. The third kappa shape index (κ3) is 5.86. The predicted molar refractivity (Wildman–Crippen MR) is 109 cm³/mol. The lowest BCUT2D eigenvalue weighted by Gasteiger charge is -2.33. The van der Waals surface area contributed by atoms with Gasteiger partial charge in [0.15, 0.2) is 0 Å². The molecule has 6 heteroatoms. The van der Waals surface area contributed by atoms with Crippen molar-refractivity contribution in [3.63, 3.8) is 0 Å². The van der Waals surface area contributed by atoms with Crippen LogP contribution in [0.15, 0.2) is 46.9 Å². The van der Waals surface area contributed by atoms with Crippen molar-refractivity contribution >= 4 is 17.7 Å². The number of benzene rings is 1. The molecule has 0 saturated carbocycles. The lowest BCUT2D eigenvalue weighted by atomic mass is 10.1. The molecule has 1 amide bonds. The highest BCUT2D eigenvalue weighted by Crippen LogP contribution is 2.24. The van der Waals surface area contributed by atoms with Crippen LogP contribution >= 0.6 is 11.8 Å². The van der Waals surface area contributed by atoms with E-state index in [0.717, 1.165) is 30.4 Å². The molecule has 1 aliphatic rings. The van der Waals surface area contributed by atoms with Crippen molar-refractivity contribution in [3.8, 4) is 0 Å². The van der Waals surface area contributed by atoms with Gasteiger partial charge in [-0.15, -0.1) is 11.8 Å². The Labute approximate surface area is 165 Å². The Morgan fingerprint density at radius 2 is 1.93 bits per heavy atom. The first kappa shape index (κ1) is 20.0. The second-order valence-electron chi connectivity index (χ2n) is 6.80. The Bertz CT molecular complexity index is 713. The zero-order chi connectivity index (χ0) is 19.1. The molecule has 2 aromatic rings. The first-order valence-corrected chi connectivity index (χ1v) is 10.5. The lowest BCUT2D eigenvalue weighted by molar-refractivity contribution is -0.120. The number of nitrogens with zero attached hydrogens (tertiary/aromatic N) is 1. The molecule has 0 aliphatic carbocycles. The standard InChI is InChI=1S/C21H28N2O3S/c1-16-8-9-20(26-16)19(23-10-12-25-13-11-23)14-22-21(24)17(2)27-15-18-6-4-3-5-7-18/h3-9,17,19H,10-15H2,1-2H3,(H,22,24)/t17-,19-/m0/s1. The summed E-state index contributed by atoms with van der Waals surface area (Å²) in [6, 6.07) is 14.3. The van der Waals surface area contributed by atoms with Crippen LogP contribution in [0.3, 0.4) is 0 Å². The fourth-order valence-electron chi connectivity index (χ4n) is 3.14. The average molecular weight is 389 g/mol. The summed E-state index contributed by atoms with van der Waals surface area (Å²) in [6.45, 7) is 7.57. The highest BCUT2D eigenvalue weighted by atomic mass is 32.2. The molecule has 27 heavy (non-hydrogen) atoms. The van der Waals surface area contributed by atoms with E-state index in [2.05, 4.69) is 22.3 Å². The molecule has 1 aromatic heterocycles. The van der Waals surface area contributed by atoms with E-state index < -0.39 is 0 Å². The zero-order valence-corrected chi connectivity index (χ0v) is 16.8. The Kier molecular flexibility index (Phi) is 7.38. The van der Waals surface area contributed by atoms with E-state index in [1.54, 1.807) is 11.8 Å². The van der Waals surface area contributed by atoms with Crippen molar-refractivity contribution in [1.29, 1.82) is 0 Å². The maximum atomic E-state index is 12.6. The SMILES string of the molecule is Cc1ccc([C@H](CNC(=O)[C@H](C)SCc2ccccc2)N2CCOCC2)o1. The van der Waals surface area contributed by atoms with Crippen LogP contribution in [0.4, 0.5) is 0 Å². The van der Waals surface area contributed by atoms with E-state index in [1.807, 2.05) is 44.2 Å². The summed E-state index contributed by atoms with van der Waals surface area (Å²) in [5.41, 5.74) is 1.24. The number of nitrogens with one attached hydrogen (secondary N) is 1. The van der Waals surface area contributed by atoms with E-state index in [1.165, 1.54) is 5.56 Å². The summed E-state index contributed by atoms with van der Waals surface area (Å²) in [5.74, 6) is 2.69. The van der Waals surface area contributed by atoms with E-state index in [4.69, 9.17) is 9.15 Å². The van der Waals surface area contributed by atoms with Crippen molar-refractivity contribution in [2.45, 2.75) is 30.9 Å². The highest BCUT2D eigenvalue weighted by molar-refractivity contribution is 7.99. The van der Waals surface area contributed by atoms with Gasteiger partial charge in [0.05, 0.1) is 24.5 Å². The summed E-state index contributed by atoms with van der Waals surface area (Å²) in [6.07, 6.45) is 0. The summed E-state index contributed by atoms with van der Waals surface area (Å²) < 4.78 is 11.3. The predicted octanol–water partition coefficient (Wildman–Crippen LogP) is 3.40. The number of thioether (sulfide) groups is 1. The fourth-order valence-corrected chi connectivity index (χ4v) is 4.01. The molecule has 2 atom stereocenters. The summed E-state index contributed by atoms with van der Waals surface area (Å²) in [4.78, 5) is 14.9. The van der Waals surface area contributed by atoms with Crippen LogP contribution in [0.25, 0.3) is 0 Å². The van der Waals surface area contributed by atoms with Crippen molar-refractivity contribution in [2.24, 2.45) is 0 Å². The van der Waals surface area contributed by atoms with Gasteiger partial charge in [-0.3, -0.25) is 9.69 Å². The number of morpholine rings is 1. The molecule has 1 saturated heterocycles. The number of carbonyl (C=O) groups excluding carboxylic acids is 1. The van der Waals surface area contributed by atoms with Crippen LogP contribution in [0, 0.1) is 6.92 Å². The summed E-state index contributed by atoms with van der Waals surface area (Å²) >= 11 is 1.66. The van der Waals surface area contributed by atoms with E-state index >= 15 is 0 Å². The van der Waals surface area contributed by atoms with Crippen LogP contribution in [0.5, 0.6) is 0 Å². The third-order valence-corrected chi connectivity index (χ3v) is 5.97. The smallest absolute Gasteiger partial charge is 0.232 e. The molecule has 1 aliphatic heterocycles. The number of amides is 1. The molecule has 1 N–H and O–H groups in total. The zero-order valence-electron chi connectivity index (χ0n) is 16.0. The molecule has 2 heterocycles.